The molecule has 0 atom stereocenters. The molecule has 0 bridgehead atoms. The summed E-state index contributed by atoms with van der Waals surface area (Å²) in [6.07, 6.45) is -2.17. The van der Waals surface area contributed by atoms with Crippen LogP contribution < -0.4 is 15.5 Å². The van der Waals surface area contributed by atoms with Gasteiger partial charge < -0.3 is 15.5 Å². The molecule has 1 heterocycles. The van der Waals surface area contributed by atoms with E-state index in [9.17, 15) is 13.2 Å². The average molecular weight is 527 g/mol. The van der Waals surface area contributed by atoms with Crippen molar-refractivity contribution in [2.75, 3.05) is 51.2 Å². The van der Waals surface area contributed by atoms with Crippen LogP contribution in [0.4, 0.5) is 18.9 Å². The Labute approximate surface area is 189 Å². The first-order valence-electron chi connectivity index (χ1n) is 9.91. The summed E-state index contributed by atoms with van der Waals surface area (Å²) in [6, 6.07) is 5.96. The van der Waals surface area contributed by atoms with E-state index in [0.29, 0.717) is 11.7 Å². The number of hydrogen-bond donors (Lipinski definition) is 2. The molecule has 0 aromatic heterocycles. The molecule has 5 nitrogen and oxygen atoms in total. The van der Waals surface area contributed by atoms with Crippen molar-refractivity contribution in [1.82, 2.24) is 15.5 Å². The third kappa shape index (κ3) is 8.98. The van der Waals surface area contributed by atoms with E-state index < -0.39 is 11.7 Å². The van der Waals surface area contributed by atoms with E-state index >= 15 is 0 Å². The highest BCUT2D eigenvalue weighted by atomic mass is 127. The molecule has 166 valence electrons. The molecule has 0 unspecified atom stereocenters. The number of piperazine rings is 1. The number of hydrogen-bond acceptors (Lipinski definition) is 3. The summed E-state index contributed by atoms with van der Waals surface area (Å²) < 4.78 is 38.7. The first-order chi connectivity index (χ1) is 13.3. The van der Waals surface area contributed by atoms with Crippen molar-refractivity contribution in [1.29, 1.82) is 0 Å². The van der Waals surface area contributed by atoms with E-state index in [0.717, 1.165) is 64.1 Å². The van der Waals surface area contributed by atoms with Crippen LogP contribution in [0.5, 0.6) is 0 Å². The molecule has 1 aliphatic heterocycles. The van der Waals surface area contributed by atoms with Crippen molar-refractivity contribution in [3.05, 3.63) is 29.8 Å². The van der Waals surface area contributed by atoms with Crippen LogP contribution >= 0.6 is 24.0 Å². The second-order valence-electron chi connectivity index (χ2n) is 7.38. The standard InChI is InChI=1S/C20H32F3N5.HI/c1-16(2)26-19(24-3)25-9-4-5-10-27-11-13-28(14-12-27)18-8-6-7-17(15-18)20(21,22)23;/h6-8,15-16H,4-5,9-14H2,1-3H3,(H2,24,25,26);1H. The maximum Gasteiger partial charge on any atom is 0.416 e. The topological polar surface area (TPSA) is 42.9 Å². The molecule has 2 rings (SSSR count). The van der Waals surface area contributed by atoms with Crippen LogP contribution in [0, 0.1) is 0 Å². The fraction of sp³-hybridized carbons (Fsp3) is 0.650. The van der Waals surface area contributed by atoms with Crippen molar-refractivity contribution in [3.8, 4) is 0 Å². The number of halogens is 4. The number of alkyl halides is 3. The molecule has 0 amide bonds. The van der Waals surface area contributed by atoms with Gasteiger partial charge in [0.05, 0.1) is 5.56 Å². The SMILES string of the molecule is CN=C(NCCCCN1CCN(c2cccc(C(F)(F)F)c2)CC1)NC(C)C.I. The monoisotopic (exact) mass is 527 g/mol. The van der Waals surface area contributed by atoms with Gasteiger partial charge in [-0.3, -0.25) is 9.89 Å². The van der Waals surface area contributed by atoms with Gasteiger partial charge in [-0.05, 0) is 51.4 Å². The highest BCUT2D eigenvalue weighted by Gasteiger charge is 2.31. The molecule has 1 aromatic carbocycles. The van der Waals surface area contributed by atoms with E-state index in [-0.39, 0.29) is 24.0 Å². The summed E-state index contributed by atoms with van der Waals surface area (Å²) in [5.74, 6) is 0.824. The van der Waals surface area contributed by atoms with Crippen LogP contribution in [0.3, 0.4) is 0 Å². The van der Waals surface area contributed by atoms with Crippen molar-refractivity contribution in [2.45, 2.75) is 38.9 Å². The highest BCUT2D eigenvalue weighted by Crippen LogP contribution is 2.31. The fourth-order valence-corrected chi connectivity index (χ4v) is 3.24. The molecule has 0 aliphatic carbocycles. The summed E-state index contributed by atoms with van der Waals surface area (Å²) >= 11 is 0. The number of anilines is 1. The Morgan fingerprint density at radius 2 is 1.83 bits per heavy atom. The van der Waals surface area contributed by atoms with Gasteiger partial charge in [0.2, 0.25) is 0 Å². The predicted octanol–water partition coefficient (Wildman–Crippen LogP) is 3.80. The quantitative estimate of drug-likeness (QED) is 0.245. The predicted molar refractivity (Wildman–Crippen MR) is 124 cm³/mol. The maximum absolute atomic E-state index is 12.9. The Morgan fingerprint density at radius 1 is 1.14 bits per heavy atom. The minimum absolute atomic E-state index is 0. The van der Waals surface area contributed by atoms with Crippen LogP contribution in [0.25, 0.3) is 0 Å². The lowest BCUT2D eigenvalue weighted by Crippen LogP contribution is -2.46. The second kappa shape index (κ2) is 12.5. The molecule has 1 saturated heterocycles. The van der Waals surface area contributed by atoms with Crippen molar-refractivity contribution < 1.29 is 13.2 Å². The van der Waals surface area contributed by atoms with Gasteiger partial charge in [-0.15, -0.1) is 24.0 Å². The van der Waals surface area contributed by atoms with E-state index in [1.165, 1.54) is 12.1 Å². The molecule has 29 heavy (non-hydrogen) atoms. The Bertz CT molecular complexity index is 629. The number of guanidine groups is 1. The summed E-state index contributed by atoms with van der Waals surface area (Å²) in [4.78, 5) is 8.60. The Balaban J connectivity index is 0.00000420. The second-order valence-corrected chi connectivity index (χ2v) is 7.38. The molecule has 1 fully saturated rings. The van der Waals surface area contributed by atoms with Gasteiger partial charge in [-0.25, -0.2) is 0 Å². The summed E-state index contributed by atoms with van der Waals surface area (Å²) in [7, 11) is 1.77. The Kier molecular flexibility index (Phi) is 11.1. The smallest absolute Gasteiger partial charge is 0.369 e. The molecular formula is C20H33F3IN5. The number of aliphatic imine (C=N–C) groups is 1. The molecule has 2 N–H and O–H groups in total. The maximum atomic E-state index is 12.9. The average Bonchev–Trinajstić information content (AvgIpc) is 2.66. The van der Waals surface area contributed by atoms with Gasteiger partial charge in [0, 0.05) is 51.5 Å². The van der Waals surface area contributed by atoms with Gasteiger partial charge >= 0.3 is 6.18 Å². The fourth-order valence-electron chi connectivity index (χ4n) is 3.24. The van der Waals surface area contributed by atoms with Gasteiger partial charge in [0.1, 0.15) is 0 Å². The summed E-state index contributed by atoms with van der Waals surface area (Å²) in [5, 5.41) is 6.56. The van der Waals surface area contributed by atoms with Gasteiger partial charge in [-0.1, -0.05) is 6.07 Å². The molecule has 0 spiro atoms. The lowest BCUT2D eigenvalue weighted by Gasteiger charge is -2.36. The van der Waals surface area contributed by atoms with Crippen LogP contribution in [-0.2, 0) is 6.18 Å². The number of nitrogens with zero attached hydrogens (tertiary/aromatic N) is 3. The number of unbranched alkanes of at least 4 members (excludes halogenated alkanes) is 1. The van der Waals surface area contributed by atoms with Crippen LogP contribution in [-0.4, -0.2) is 63.2 Å². The van der Waals surface area contributed by atoms with E-state index in [1.807, 2.05) is 4.90 Å². The third-order valence-corrected chi connectivity index (χ3v) is 4.75. The molecule has 1 aromatic rings. The van der Waals surface area contributed by atoms with Gasteiger partial charge in [-0.2, -0.15) is 13.2 Å². The Morgan fingerprint density at radius 3 is 2.41 bits per heavy atom. The molecule has 0 radical (unpaired) electrons. The van der Waals surface area contributed by atoms with Crippen molar-refractivity contribution >= 4 is 35.6 Å². The lowest BCUT2D eigenvalue weighted by atomic mass is 10.1. The minimum Gasteiger partial charge on any atom is -0.369 e. The lowest BCUT2D eigenvalue weighted by molar-refractivity contribution is -0.137. The third-order valence-electron chi connectivity index (χ3n) is 4.75. The zero-order valence-corrected chi connectivity index (χ0v) is 19.8. The van der Waals surface area contributed by atoms with Crippen molar-refractivity contribution in [3.63, 3.8) is 0 Å². The molecular weight excluding hydrogens is 494 g/mol. The van der Waals surface area contributed by atoms with E-state index in [2.05, 4.69) is 34.4 Å². The largest absolute Gasteiger partial charge is 0.416 e. The van der Waals surface area contributed by atoms with Gasteiger partial charge in [0.25, 0.3) is 0 Å². The van der Waals surface area contributed by atoms with E-state index in [4.69, 9.17) is 0 Å². The molecule has 9 heteroatoms. The van der Waals surface area contributed by atoms with Crippen LogP contribution in [0.1, 0.15) is 32.3 Å². The zero-order valence-electron chi connectivity index (χ0n) is 17.4. The minimum atomic E-state index is -4.29. The molecule has 0 saturated carbocycles. The number of rotatable bonds is 7. The number of benzene rings is 1. The normalized spacial score (nSPS) is 16.0. The van der Waals surface area contributed by atoms with Crippen LogP contribution in [0.2, 0.25) is 0 Å². The first-order valence-corrected chi connectivity index (χ1v) is 9.91. The van der Waals surface area contributed by atoms with Gasteiger partial charge in [0.15, 0.2) is 5.96 Å². The van der Waals surface area contributed by atoms with E-state index in [1.54, 1.807) is 13.1 Å². The van der Waals surface area contributed by atoms with Crippen molar-refractivity contribution in [2.24, 2.45) is 4.99 Å². The zero-order chi connectivity index (χ0) is 20.6. The number of nitrogens with one attached hydrogen (secondary N) is 2. The van der Waals surface area contributed by atoms with Crippen LogP contribution in [0.15, 0.2) is 29.3 Å². The summed E-state index contributed by atoms with van der Waals surface area (Å²) in [6.45, 7) is 9.29. The Hall–Kier alpha value is -1.23. The first kappa shape index (κ1) is 25.8. The molecule has 1 aliphatic rings. The summed E-state index contributed by atoms with van der Waals surface area (Å²) in [5.41, 5.74) is 0.0737. The highest BCUT2D eigenvalue weighted by molar-refractivity contribution is 14.0.